The normalized spacial score (nSPS) is 34.1. The van der Waals surface area contributed by atoms with Crippen LogP contribution in [-0.2, 0) is 4.74 Å². The molecule has 1 aromatic rings. The van der Waals surface area contributed by atoms with Crippen LogP contribution in [0.3, 0.4) is 0 Å². The van der Waals surface area contributed by atoms with E-state index in [9.17, 15) is 4.79 Å². The summed E-state index contributed by atoms with van der Waals surface area (Å²) < 4.78 is 4.99. The third-order valence-electron chi connectivity index (χ3n) is 2.76. The van der Waals surface area contributed by atoms with Crippen LogP contribution in [0.1, 0.15) is 17.3 Å². The SMILES string of the molecule is CC1OC(S)C(O)C(O)C1O.O=Cc1ccccc1. The molecule has 0 amide bonds. The zero-order chi connectivity index (χ0) is 14.4. The van der Waals surface area contributed by atoms with E-state index >= 15 is 0 Å². The molecule has 0 saturated carbocycles. The second kappa shape index (κ2) is 7.62. The van der Waals surface area contributed by atoms with Gasteiger partial charge in [0.05, 0.1) is 6.10 Å². The van der Waals surface area contributed by atoms with E-state index in [2.05, 4.69) is 12.6 Å². The van der Waals surface area contributed by atoms with Gasteiger partial charge in [-0.2, -0.15) is 0 Å². The fourth-order valence-electron chi connectivity index (χ4n) is 1.56. The van der Waals surface area contributed by atoms with Gasteiger partial charge in [0.1, 0.15) is 30.0 Å². The number of aldehydes is 1. The Morgan fingerprint density at radius 2 is 1.68 bits per heavy atom. The molecule has 5 nitrogen and oxygen atoms in total. The summed E-state index contributed by atoms with van der Waals surface area (Å²) in [7, 11) is 0. The highest BCUT2D eigenvalue weighted by molar-refractivity contribution is 7.80. The number of hydrogen-bond acceptors (Lipinski definition) is 6. The maximum absolute atomic E-state index is 10.0. The number of carbonyl (C=O) groups is 1. The highest BCUT2D eigenvalue weighted by Crippen LogP contribution is 2.22. The summed E-state index contributed by atoms with van der Waals surface area (Å²) in [5.74, 6) is 0. The van der Waals surface area contributed by atoms with Crippen molar-refractivity contribution in [2.24, 2.45) is 0 Å². The summed E-state index contributed by atoms with van der Waals surface area (Å²) in [4.78, 5) is 10.0. The topological polar surface area (TPSA) is 87.0 Å². The molecule has 0 aromatic heterocycles. The molecule has 1 fully saturated rings. The lowest BCUT2D eigenvalue weighted by molar-refractivity contribution is -0.191. The largest absolute Gasteiger partial charge is 0.388 e. The van der Waals surface area contributed by atoms with Crippen LogP contribution in [0.2, 0.25) is 0 Å². The highest BCUT2D eigenvalue weighted by atomic mass is 32.1. The van der Waals surface area contributed by atoms with Gasteiger partial charge in [-0.3, -0.25) is 4.79 Å². The Hall–Kier alpha value is -0.920. The molecule has 6 heteroatoms. The lowest BCUT2D eigenvalue weighted by Crippen LogP contribution is -2.54. The van der Waals surface area contributed by atoms with Gasteiger partial charge in [-0.1, -0.05) is 30.3 Å². The molecule has 1 aliphatic rings. The van der Waals surface area contributed by atoms with Crippen molar-refractivity contribution >= 4 is 18.9 Å². The third-order valence-corrected chi connectivity index (χ3v) is 3.19. The quantitative estimate of drug-likeness (QED) is 0.439. The van der Waals surface area contributed by atoms with Crippen LogP contribution in [0, 0.1) is 0 Å². The summed E-state index contributed by atoms with van der Waals surface area (Å²) in [5, 5.41) is 27.4. The lowest BCUT2D eigenvalue weighted by atomic mass is 10.0. The Kier molecular flexibility index (Phi) is 6.47. The Bertz CT molecular complexity index is 372. The van der Waals surface area contributed by atoms with Gasteiger partial charge in [0.2, 0.25) is 0 Å². The molecular formula is C13H18O5S. The van der Waals surface area contributed by atoms with Crippen molar-refractivity contribution in [2.75, 3.05) is 0 Å². The van der Waals surface area contributed by atoms with Crippen molar-refractivity contribution < 1.29 is 24.9 Å². The zero-order valence-corrected chi connectivity index (χ0v) is 11.4. The molecule has 2 rings (SSSR count). The summed E-state index contributed by atoms with van der Waals surface area (Å²) in [5.41, 5.74) is 0.0101. The molecule has 0 aliphatic carbocycles. The molecule has 1 aliphatic heterocycles. The van der Waals surface area contributed by atoms with Crippen LogP contribution in [0.5, 0.6) is 0 Å². The number of benzene rings is 1. The highest BCUT2D eigenvalue weighted by Gasteiger charge is 2.39. The average Bonchev–Trinajstić information content (AvgIpc) is 2.44. The predicted molar refractivity (Wildman–Crippen MR) is 73.2 cm³/mol. The number of rotatable bonds is 1. The van der Waals surface area contributed by atoms with Crippen molar-refractivity contribution in [2.45, 2.75) is 36.8 Å². The number of hydrogen-bond donors (Lipinski definition) is 4. The molecule has 1 heterocycles. The van der Waals surface area contributed by atoms with Crippen LogP contribution in [0.25, 0.3) is 0 Å². The first kappa shape index (κ1) is 16.1. The van der Waals surface area contributed by atoms with Gasteiger partial charge in [-0.25, -0.2) is 0 Å². The molecule has 0 radical (unpaired) electrons. The average molecular weight is 286 g/mol. The van der Waals surface area contributed by atoms with E-state index in [1.165, 1.54) is 0 Å². The number of aliphatic hydroxyl groups is 3. The Morgan fingerprint density at radius 3 is 2.16 bits per heavy atom. The molecule has 1 aromatic carbocycles. The van der Waals surface area contributed by atoms with Gasteiger partial charge >= 0.3 is 0 Å². The monoisotopic (exact) mass is 286 g/mol. The van der Waals surface area contributed by atoms with Crippen LogP contribution >= 0.6 is 12.6 Å². The standard InChI is InChI=1S/C7H6O.C6H12O4S/c8-6-7-4-2-1-3-5-7;1-2-3(7)4(8)5(9)6(11)10-2/h1-6H;2-9,11H,1H3. The molecule has 5 atom stereocenters. The van der Waals surface area contributed by atoms with Crippen molar-refractivity contribution in [3.05, 3.63) is 35.9 Å². The van der Waals surface area contributed by atoms with Crippen LogP contribution < -0.4 is 0 Å². The molecule has 19 heavy (non-hydrogen) atoms. The Balaban J connectivity index is 0.000000200. The third kappa shape index (κ3) is 4.59. The molecule has 3 N–H and O–H groups in total. The number of carbonyl (C=O) groups excluding carboxylic acids is 1. The first-order chi connectivity index (χ1) is 8.97. The van der Waals surface area contributed by atoms with E-state index in [1.807, 2.05) is 18.2 Å². The second-order valence-electron chi connectivity index (χ2n) is 4.23. The van der Waals surface area contributed by atoms with E-state index in [1.54, 1.807) is 19.1 Å². The van der Waals surface area contributed by atoms with Gasteiger partial charge in [0.15, 0.2) is 0 Å². The van der Waals surface area contributed by atoms with Crippen LogP contribution in [0.4, 0.5) is 0 Å². The van der Waals surface area contributed by atoms with E-state index in [0.29, 0.717) is 0 Å². The Morgan fingerprint density at radius 1 is 1.11 bits per heavy atom. The Labute approximate surface area is 117 Å². The van der Waals surface area contributed by atoms with Crippen molar-refractivity contribution in [3.63, 3.8) is 0 Å². The van der Waals surface area contributed by atoms with Gasteiger partial charge < -0.3 is 20.1 Å². The number of thiol groups is 1. The van der Waals surface area contributed by atoms with Gasteiger partial charge in [-0.05, 0) is 6.92 Å². The summed E-state index contributed by atoms with van der Waals surface area (Å²) in [6.07, 6.45) is -2.98. The first-order valence-electron chi connectivity index (χ1n) is 5.85. The second-order valence-corrected chi connectivity index (χ2v) is 4.74. The minimum absolute atomic E-state index is 0.490. The fraction of sp³-hybridized carbons (Fsp3) is 0.462. The minimum Gasteiger partial charge on any atom is -0.388 e. The van der Waals surface area contributed by atoms with E-state index < -0.39 is 29.9 Å². The number of aliphatic hydroxyl groups excluding tert-OH is 3. The van der Waals surface area contributed by atoms with Crippen molar-refractivity contribution in [3.8, 4) is 0 Å². The zero-order valence-electron chi connectivity index (χ0n) is 10.5. The van der Waals surface area contributed by atoms with Crippen molar-refractivity contribution in [1.29, 1.82) is 0 Å². The fourth-order valence-corrected chi connectivity index (χ4v) is 1.93. The van der Waals surface area contributed by atoms with Gasteiger partial charge in [0.25, 0.3) is 0 Å². The molecule has 0 bridgehead atoms. The minimum atomic E-state index is -1.17. The molecule has 106 valence electrons. The maximum atomic E-state index is 10.0. The van der Waals surface area contributed by atoms with Crippen LogP contribution in [-0.4, -0.2) is 51.5 Å². The van der Waals surface area contributed by atoms with E-state index in [-0.39, 0.29) is 0 Å². The number of ether oxygens (including phenoxy) is 1. The van der Waals surface area contributed by atoms with Crippen LogP contribution in [0.15, 0.2) is 30.3 Å². The summed E-state index contributed by atoms with van der Waals surface area (Å²) in [6.45, 7) is 1.61. The van der Waals surface area contributed by atoms with Crippen molar-refractivity contribution in [1.82, 2.24) is 0 Å². The van der Waals surface area contributed by atoms with Gasteiger partial charge in [0, 0.05) is 5.56 Å². The first-order valence-corrected chi connectivity index (χ1v) is 6.37. The molecule has 1 saturated heterocycles. The summed E-state index contributed by atoms with van der Waals surface area (Å²) >= 11 is 3.87. The molecule has 5 unspecified atom stereocenters. The smallest absolute Gasteiger partial charge is 0.150 e. The maximum Gasteiger partial charge on any atom is 0.150 e. The van der Waals surface area contributed by atoms with Gasteiger partial charge in [-0.15, -0.1) is 12.6 Å². The van der Waals surface area contributed by atoms with E-state index in [0.717, 1.165) is 11.8 Å². The van der Waals surface area contributed by atoms with E-state index in [4.69, 9.17) is 20.1 Å². The summed E-state index contributed by atoms with van der Waals surface area (Å²) in [6, 6.07) is 9.10. The molecular weight excluding hydrogens is 268 g/mol. The molecule has 0 spiro atoms. The lowest BCUT2D eigenvalue weighted by Gasteiger charge is -2.37. The predicted octanol–water partition coefficient (Wildman–Crippen LogP) is 0.243.